The summed E-state index contributed by atoms with van der Waals surface area (Å²) in [5.74, 6) is 0.278. The molecule has 2 amide bonds. The van der Waals surface area contributed by atoms with Gasteiger partial charge in [-0.1, -0.05) is 6.92 Å². The fraction of sp³-hybridized carbons (Fsp3) is 0.929. The molecule has 0 radical (unpaired) electrons. The van der Waals surface area contributed by atoms with Gasteiger partial charge in [-0.15, -0.1) is 0 Å². The molecule has 19 heavy (non-hydrogen) atoms. The standard InChI is InChI=1S/C14H28N2O3/c1-10(6-7-17)9-15-12(18)16-11-8-13(2,3)19-14(11,4)5/h10-11,17H,6-9H2,1-5H3,(H2,15,16,18). The summed E-state index contributed by atoms with van der Waals surface area (Å²) < 4.78 is 5.94. The molecule has 0 aromatic heterocycles. The normalized spacial score (nSPS) is 25.9. The molecule has 1 saturated heterocycles. The minimum Gasteiger partial charge on any atom is -0.396 e. The predicted octanol–water partition coefficient (Wildman–Crippen LogP) is 1.65. The molecular formula is C14H28N2O3. The van der Waals surface area contributed by atoms with Crippen LogP contribution >= 0.6 is 0 Å². The summed E-state index contributed by atoms with van der Waals surface area (Å²) in [5.41, 5.74) is -0.552. The van der Waals surface area contributed by atoms with Gasteiger partial charge in [-0.05, 0) is 46.5 Å². The number of amides is 2. The Morgan fingerprint density at radius 3 is 2.53 bits per heavy atom. The first-order valence-corrected chi connectivity index (χ1v) is 7.02. The Morgan fingerprint density at radius 1 is 1.42 bits per heavy atom. The third kappa shape index (κ3) is 4.99. The lowest BCUT2D eigenvalue weighted by Crippen LogP contribution is -2.50. The number of carbonyl (C=O) groups is 1. The van der Waals surface area contributed by atoms with Crippen LogP contribution in [0.2, 0.25) is 0 Å². The van der Waals surface area contributed by atoms with Crippen LogP contribution in [0.4, 0.5) is 4.79 Å². The number of carbonyl (C=O) groups excluding carboxylic acids is 1. The molecule has 5 nitrogen and oxygen atoms in total. The molecule has 0 bridgehead atoms. The van der Waals surface area contributed by atoms with Crippen molar-refractivity contribution in [3.05, 3.63) is 0 Å². The van der Waals surface area contributed by atoms with E-state index in [1.54, 1.807) is 0 Å². The Kier molecular flexibility index (Phi) is 5.21. The molecule has 0 aromatic rings. The Morgan fingerprint density at radius 2 is 2.05 bits per heavy atom. The lowest BCUT2D eigenvalue weighted by Gasteiger charge is -2.27. The average molecular weight is 272 g/mol. The van der Waals surface area contributed by atoms with E-state index in [1.165, 1.54) is 0 Å². The molecule has 5 heteroatoms. The van der Waals surface area contributed by atoms with E-state index in [2.05, 4.69) is 10.6 Å². The van der Waals surface area contributed by atoms with E-state index in [9.17, 15) is 4.79 Å². The summed E-state index contributed by atoms with van der Waals surface area (Å²) in [5, 5.41) is 14.6. The number of hydrogen-bond acceptors (Lipinski definition) is 3. The predicted molar refractivity (Wildman–Crippen MR) is 75.0 cm³/mol. The summed E-state index contributed by atoms with van der Waals surface area (Å²) in [7, 11) is 0. The van der Waals surface area contributed by atoms with Gasteiger partial charge in [0.25, 0.3) is 0 Å². The van der Waals surface area contributed by atoms with Gasteiger partial charge in [0, 0.05) is 13.2 Å². The van der Waals surface area contributed by atoms with Crippen LogP contribution in [-0.2, 0) is 4.74 Å². The van der Waals surface area contributed by atoms with Gasteiger partial charge in [-0.25, -0.2) is 4.79 Å². The van der Waals surface area contributed by atoms with Crippen LogP contribution in [0.1, 0.15) is 47.5 Å². The van der Waals surface area contributed by atoms with E-state index < -0.39 is 0 Å². The molecule has 0 aliphatic carbocycles. The molecule has 1 aliphatic heterocycles. The Balaban J connectivity index is 2.40. The van der Waals surface area contributed by atoms with E-state index in [4.69, 9.17) is 9.84 Å². The zero-order chi connectivity index (χ0) is 14.7. The minimum absolute atomic E-state index is 0.00986. The van der Waals surface area contributed by atoms with Gasteiger partial charge in [0.1, 0.15) is 0 Å². The number of urea groups is 1. The third-order valence-corrected chi connectivity index (χ3v) is 3.61. The number of aliphatic hydroxyl groups excluding tert-OH is 1. The van der Waals surface area contributed by atoms with E-state index in [0.717, 1.165) is 6.42 Å². The Labute approximate surface area is 116 Å². The maximum absolute atomic E-state index is 11.9. The van der Waals surface area contributed by atoms with Crippen LogP contribution < -0.4 is 10.6 Å². The van der Waals surface area contributed by atoms with E-state index in [-0.39, 0.29) is 35.8 Å². The topological polar surface area (TPSA) is 70.6 Å². The highest BCUT2D eigenvalue weighted by atomic mass is 16.5. The minimum atomic E-state index is -0.350. The van der Waals surface area contributed by atoms with E-state index in [0.29, 0.717) is 13.0 Å². The van der Waals surface area contributed by atoms with E-state index in [1.807, 2.05) is 34.6 Å². The van der Waals surface area contributed by atoms with Gasteiger partial charge < -0.3 is 20.5 Å². The average Bonchev–Trinajstić information content (AvgIpc) is 2.44. The van der Waals surface area contributed by atoms with Gasteiger partial charge in [-0.2, -0.15) is 0 Å². The molecule has 2 unspecified atom stereocenters. The fourth-order valence-electron chi connectivity index (χ4n) is 2.59. The lowest BCUT2D eigenvalue weighted by atomic mass is 9.95. The maximum atomic E-state index is 11.9. The number of aliphatic hydroxyl groups is 1. The van der Waals surface area contributed by atoms with Crippen LogP contribution in [-0.4, -0.2) is 41.5 Å². The second-order valence-corrected chi connectivity index (χ2v) is 6.69. The number of ether oxygens (including phenoxy) is 1. The second-order valence-electron chi connectivity index (χ2n) is 6.69. The molecule has 1 heterocycles. The zero-order valence-electron chi connectivity index (χ0n) is 12.7. The van der Waals surface area contributed by atoms with Crippen molar-refractivity contribution in [2.75, 3.05) is 13.2 Å². The van der Waals surface area contributed by atoms with Crippen LogP contribution in [0.5, 0.6) is 0 Å². The molecule has 0 aromatic carbocycles. The maximum Gasteiger partial charge on any atom is 0.315 e. The van der Waals surface area contributed by atoms with Crippen molar-refractivity contribution < 1.29 is 14.6 Å². The fourth-order valence-corrected chi connectivity index (χ4v) is 2.59. The quantitative estimate of drug-likeness (QED) is 0.712. The molecule has 1 fully saturated rings. The molecule has 0 saturated carbocycles. The smallest absolute Gasteiger partial charge is 0.315 e. The van der Waals surface area contributed by atoms with E-state index >= 15 is 0 Å². The summed E-state index contributed by atoms with van der Waals surface area (Å²) in [4.78, 5) is 11.9. The van der Waals surface area contributed by atoms with Gasteiger partial charge in [0.15, 0.2) is 0 Å². The summed E-state index contributed by atoms with van der Waals surface area (Å²) >= 11 is 0. The van der Waals surface area contributed by atoms with Crippen molar-refractivity contribution in [2.45, 2.75) is 64.7 Å². The molecule has 3 N–H and O–H groups in total. The van der Waals surface area contributed by atoms with Crippen LogP contribution in [0, 0.1) is 5.92 Å². The summed E-state index contributed by atoms with van der Waals surface area (Å²) in [6.07, 6.45) is 1.50. The van der Waals surface area contributed by atoms with Crippen molar-refractivity contribution >= 4 is 6.03 Å². The highest BCUT2D eigenvalue weighted by Gasteiger charge is 2.46. The van der Waals surface area contributed by atoms with Crippen molar-refractivity contribution in [1.29, 1.82) is 0 Å². The first-order valence-electron chi connectivity index (χ1n) is 7.02. The number of nitrogens with one attached hydrogen (secondary N) is 2. The van der Waals surface area contributed by atoms with Crippen LogP contribution in [0.15, 0.2) is 0 Å². The molecule has 112 valence electrons. The number of rotatable bonds is 5. The third-order valence-electron chi connectivity index (χ3n) is 3.61. The molecule has 0 spiro atoms. The van der Waals surface area contributed by atoms with Gasteiger partial charge >= 0.3 is 6.03 Å². The first-order chi connectivity index (χ1) is 8.66. The molecule has 1 aliphatic rings. The molecular weight excluding hydrogens is 244 g/mol. The van der Waals surface area contributed by atoms with Gasteiger partial charge in [0.2, 0.25) is 0 Å². The van der Waals surface area contributed by atoms with Crippen LogP contribution in [0.3, 0.4) is 0 Å². The summed E-state index contributed by atoms with van der Waals surface area (Å²) in [6, 6.07) is -0.153. The monoisotopic (exact) mass is 272 g/mol. The summed E-state index contributed by atoms with van der Waals surface area (Å²) in [6.45, 7) is 10.8. The second kappa shape index (κ2) is 6.09. The van der Waals surface area contributed by atoms with Crippen molar-refractivity contribution in [2.24, 2.45) is 5.92 Å². The Bertz CT molecular complexity index is 316. The van der Waals surface area contributed by atoms with Crippen molar-refractivity contribution in [3.63, 3.8) is 0 Å². The van der Waals surface area contributed by atoms with Crippen molar-refractivity contribution in [3.8, 4) is 0 Å². The zero-order valence-corrected chi connectivity index (χ0v) is 12.7. The molecule has 2 atom stereocenters. The highest BCUT2D eigenvalue weighted by molar-refractivity contribution is 5.74. The lowest BCUT2D eigenvalue weighted by molar-refractivity contribution is -0.0690. The largest absolute Gasteiger partial charge is 0.396 e. The van der Waals surface area contributed by atoms with Crippen molar-refractivity contribution in [1.82, 2.24) is 10.6 Å². The number of hydrogen-bond donors (Lipinski definition) is 3. The Hall–Kier alpha value is -0.810. The van der Waals surface area contributed by atoms with Gasteiger partial charge in [-0.3, -0.25) is 0 Å². The molecule has 1 rings (SSSR count). The van der Waals surface area contributed by atoms with Gasteiger partial charge in [0.05, 0.1) is 17.2 Å². The SMILES string of the molecule is CC(CCO)CNC(=O)NC1CC(C)(C)OC1(C)C. The highest BCUT2D eigenvalue weighted by Crippen LogP contribution is 2.37. The first kappa shape index (κ1) is 16.2. The van der Waals surface area contributed by atoms with Crippen LogP contribution in [0.25, 0.3) is 0 Å².